The molecule has 4 atom stereocenters. The third kappa shape index (κ3) is 1.53. The Bertz CT molecular complexity index is 331. The van der Waals surface area contributed by atoms with Crippen molar-refractivity contribution in [1.82, 2.24) is 0 Å². The predicted octanol–water partition coefficient (Wildman–Crippen LogP) is 1.47. The van der Waals surface area contributed by atoms with Gasteiger partial charge in [-0.05, 0) is 37.5 Å². The zero-order valence-corrected chi connectivity index (χ0v) is 8.37. The maximum Gasteiger partial charge on any atom is 0.267 e. The van der Waals surface area contributed by atoms with Crippen molar-refractivity contribution in [1.29, 1.82) is 0 Å². The maximum atomic E-state index is 10.9. The molecule has 4 heteroatoms. The molecule has 0 spiro atoms. The Morgan fingerprint density at radius 1 is 1.38 bits per heavy atom. The van der Waals surface area contributed by atoms with E-state index in [9.17, 15) is 8.42 Å². The summed E-state index contributed by atoms with van der Waals surface area (Å²) in [5.74, 6) is 1.06. The average molecular weight is 202 g/mol. The van der Waals surface area contributed by atoms with Crippen molar-refractivity contribution < 1.29 is 13.0 Å². The number of allylic oxidation sites excluding steroid dienone is 2. The van der Waals surface area contributed by atoms with Gasteiger partial charge in [-0.25, -0.2) is 0 Å². The zero-order chi connectivity index (χ0) is 9.64. The van der Waals surface area contributed by atoms with Gasteiger partial charge in [-0.1, -0.05) is 12.2 Å². The van der Waals surface area contributed by atoms with E-state index in [-0.39, 0.29) is 5.92 Å². The number of hydrogen-bond donors (Lipinski definition) is 1. The summed E-state index contributed by atoms with van der Waals surface area (Å²) in [7, 11) is -3.84. The second kappa shape index (κ2) is 2.82. The number of hydrogen-bond acceptors (Lipinski definition) is 2. The summed E-state index contributed by atoms with van der Waals surface area (Å²) >= 11 is 0. The molecule has 13 heavy (non-hydrogen) atoms. The molecule has 0 amide bonds. The first-order chi connectivity index (χ1) is 5.98. The van der Waals surface area contributed by atoms with E-state index in [2.05, 4.69) is 12.2 Å². The summed E-state index contributed by atoms with van der Waals surface area (Å²) in [5, 5.41) is -0.604. The minimum Gasteiger partial charge on any atom is -0.285 e. The zero-order valence-electron chi connectivity index (χ0n) is 7.55. The Morgan fingerprint density at radius 2 is 2.08 bits per heavy atom. The fourth-order valence-electron chi connectivity index (χ4n) is 2.58. The Morgan fingerprint density at radius 3 is 2.46 bits per heavy atom. The molecule has 2 rings (SSSR count). The van der Waals surface area contributed by atoms with Gasteiger partial charge in [0.25, 0.3) is 10.1 Å². The van der Waals surface area contributed by atoms with Crippen LogP contribution < -0.4 is 0 Å². The van der Waals surface area contributed by atoms with Crippen molar-refractivity contribution in [2.24, 2.45) is 17.8 Å². The van der Waals surface area contributed by atoms with E-state index in [1.54, 1.807) is 6.92 Å². The first-order valence-corrected chi connectivity index (χ1v) is 6.13. The van der Waals surface area contributed by atoms with E-state index in [0.717, 1.165) is 12.8 Å². The second-order valence-electron chi connectivity index (χ2n) is 4.16. The Labute approximate surface area is 78.6 Å². The van der Waals surface area contributed by atoms with Gasteiger partial charge in [-0.3, -0.25) is 4.55 Å². The van der Waals surface area contributed by atoms with Crippen LogP contribution in [0.3, 0.4) is 0 Å². The van der Waals surface area contributed by atoms with Gasteiger partial charge >= 0.3 is 0 Å². The van der Waals surface area contributed by atoms with Gasteiger partial charge < -0.3 is 0 Å². The van der Waals surface area contributed by atoms with Crippen LogP contribution in [-0.2, 0) is 10.1 Å². The summed E-state index contributed by atoms with van der Waals surface area (Å²) < 4.78 is 30.8. The summed E-state index contributed by atoms with van der Waals surface area (Å²) in [5.41, 5.74) is 0. The molecule has 1 N–H and O–H groups in total. The van der Waals surface area contributed by atoms with Crippen LogP contribution in [0, 0.1) is 17.8 Å². The van der Waals surface area contributed by atoms with Gasteiger partial charge in [-0.2, -0.15) is 8.42 Å². The molecule has 3 nitrogen and oxygen atoms in total. The van der Waals surface area contributed by atoms with Crippen molar-refractivity contribution in [2.45, 2.75) is 25.0 Å². The molecular weight excluding hydrogens is 188 g/mol. The fourth-order valence-corrected chi connectivity index (χ4v) is 3.34. The highest BCUT2D eigenvalue weighted by Gasteiger charge is 2.42. The van der Waals surface area contributed by atoms with Crippen molar-refractivity contribution in [2.75, 3.05) is 0 Å². The Balaban J connectivity index is 2.16. The fraction of sp³-hybridized carbons (Fsp3) is 0.778. The average Bonchev–Trinajstić information content (AvgIpc) is 2.60. The highest BCUT2D eigenvalue weighted by Crippen LogP contribution is 2.46. The summed E-state index contributed by atoms with van der Waals surface area (Å²) in [6.07, 6.45) is 6.26. The quantitative estimate of drug-likeness (QED) is 0.545. The van der Waals surface area contributed by atoms with Crippen LogP contribution in [-0.4, -0.2) is 18.2 Å². The minimum absolute atomic E-state index is 0.130. The smallest absolute Gasteiger partial charge is 0.267 e. The second-order valence-corrected chi connectivity index (χ2v) is 5.94. The summed E-state index contributed by atoms with van der Waals surface area (Å²) in [4.78, 5) is 0. The van der Waals surface area contributed by atoms with Crippen molar-refractivity contribution >= 4 is 10.1 Å². The van der Waals surface area contributed by atoms with E-state index in [1.807, 2.05) is 0 Å². The van der Waals surface area contributed by atoms with Crippen LogP contribution in [0.5, 0.6) is 0 Å². The Hall–Kier alpha value is -0.350. The molecule has 0 aromatic heterocycles. The van der Waals surface area contributed by atoms with Gasteiger partial charge in [0.1, 0.15) is 0 Å². The van der Waals surface area contributed by atoms with Crippen molar-refractivity contribution in [3.63, 3.8) is 0 Å². The van der Waals surface area contributed by atoms with E-state index >= 15 is 0 Å². The lowest BCUT2D eigenvalue weighted by Gasteiger charge is -2.22. The van der Waals surface area contributed by atoms with Gasteiger partial charge in [0.05, 0.1) is 5.25 Å². The monoisotopic (exact) mass is 202 g/mol. The third-order valence-electron chi connectivity index (χ3n) is 3.40. The van der Waals surface area contributed by atoms with Gasteiger partial charge in [0.15, 0.2) is 0 Å². The molecular formula is C9H14O3S. The molecule has 0 radical (unpaired) electrons. The first kappa shape index (κ1) is 9.21. The topological polar surface area (TPSA) is 54.4 Å². The number of rotatable bonds is 2. The van der Waals surface area contributed by atoms with Gasteiger partial charge in [-0.15, -0.1) is 0 Å². The van der Waals surface area contributed by atoms with E-state index in [4.69, 9.17) is 4.55 Å². The van der Waals surface area contributed by atoms with E-state index in [0.29, 0.717) is 11.8 Å². The molecule has 1 saturated carbocycles. The van der Waals surface area contributed by atoms with Crippen LogP contribution in [0.4, 0.5) is 0 Å². The highest BCUT2D eigenvalue weighted by molar-refractivity contribution is 7.86. The molecule has 0 aliphatic heterocycles. The highest BCUT2D eigenvalue weighted by atomic mass is 32.2. The maximum absolute atomic E-state index is 10.9. The molecule has 1 fully saturated rings. The normalized spacial score (nSPS) is 39.7. The lowest BCUT2D eigenvalue weighted by molar-refractivity contribution is 0.392. The molecule has 0 saturated heterocycles. The molecule has 4 unspecified atom stereocenters. The standard InChI is InChI=1S/C9H14O3S/c1-6(13(10,11)12)9-5-7-2-3-8(9)4-7/h2-3,6-9H,4-5H2,1H3,(H,10,11,12). The largest absolute Gasteiger partial charge is 0.285 e. The molecule has 74 valence electrons. The van der Waals surface area contributed by atoms with Crippen molar-refractivity contribution in [3.05, 3.63) is 12.2 Å². The Kier molecular flexibility index (Phi) is 2.00. The van der Waals surface area contributed by atoms with Crippen LogP contribution >= 0.6 is 0 Å². The predicted molar refractivity (Wildman–Crippen MR) is 49.9 cm³/mol. The molecule has 0 heterocycles. The van der Waals surface area contributed by atoms with E-state index in [1.165, 1.54) is 0 Å². The van der Waals surface area contributed by atoms with Crippen LogP contribution in [0.1, 0.15) is 19.8 Å². The molecule has 0 aromatic rings. The summed E-state index contributed by atoms with van der Waals surface area (Å²) in [6.45, 7) is 1.61. The van der Waals surface area contributed by atoms with Crippen LogP contribution in [0.15, 0.2) is 12.2 Å². The summed E-state index contributed by atoms with van der Waals surface area (Å²) in [6, 6.07) is 0. The first-order valence-electron chi connectivity index (χ1n) is 4.63. The van der Waals surface area contributed by atoms with Gasteiger partial charge in [0, 0.05) is 0 Å². The number of fused-ring (bicyclic) bond motifs is 2. The SMILES string of the molecule is CC(C1CC2C=CC1C2)S(=O)(=O)O. The lowest BCUT2D eigenvalue weighted by Crippen LogP contribution is -2.29. The van der Waals surface area contributed by atoms with Crippen LogP contribution in [0.2, 0.25) is 0 Å². The molecule has 2 aliphatic rings. The van der Waals surface area contributed by atoms with E-state index < -0.39 is 15.4 Å². The van der Waals surface area contributed by atoms with Gasteiger partial charge in [0.2, 0.25) is 0 Å². The third-order valence-corrected chi connectivity index (χ3v) is 4.69. The van der Waals surface area contributed by atoms with Crippen LogP contribution in [0.25, 0.3) is 0 Å². The molecule has 2 aliphatic carbocycles. The minimum atomic E-state index is -3.84. The lowest BCUT2D eigenvalue weighted by atomic mass is 9.91. The molecule has 2 bridgehead atoms. The van der Waals surface area contributed by atoms with Crippen molar-refractivity contribution in [3.8, 4) is 0 Å². The molecule has 0 aromatic carbocycles.